The Kier molecular flexibility index (Phi) is 2.98. The zero-order valence-electron chi connectivity index (χ0n) is 10.6. The molecule has 5 nitrogen and oxygen atoms in total. The van der Waals surface area contributed by atoms with E-state index < -0.39 is 5.41 Å². The van der Waals surface area contributed by atoms with Crippen molar-refractivity contribution in [3.05, 3.63) is 30.3 Å². The fourth-order valence-electron chi connectivity index (χ4n) is 2.69. The van der Waals surface area contributed by atoms with Crippen LogP contribution in [0.4, 0.5) is 10.5 Å². The van der Waals surface area contributed by atoms with E-state index in [1.165, 1.54) is 4.90 Å². The number of nitrogens with one attached hydrogen (secondary N) is 1. The van der Waals surface area contributed by atoms with E-state index in [1.807, 2.05) is 18.2 Å². The van der Waals surface area contributed by atoms with Gasteiger partial charge in [0.05, 0.1) is 11.1 Å². The second-order valence-corrected chi connectivity index (χ2v) is 5.03. The van der Waals surface area contributed by atoms with Crippen LogP contribution in [-0.2, 0) is 9.53 Å². The van der Waals surface area contributed by atoms with E-state index in [0.717, 1.165) is 0 Å². The number of hydrogen-bond acceptors (Lipinski definition) is 3. The molecule has 1 spiro atoms. The quantitative estimate of drug-likeness (QED) is 0.833. The molecule has 0 saturated carbocycles. The molecule has 2 heterocycles. The third-order valence-electron chi connectivity index (χ3n) is 3.90. The van der Waals surface area contributed by atoms with Crippen molar-refractivity contribution in [2.24, 2.45) is 5.41 Å². The van der Waals surface area contributed by atoms with Crippen molar-refractivity contribution in [1.82, 2.24) is 5.32 Å². The zero-order chi connectivity index (χ0) is 13.3. The minimum Gasteiger partial charge on any atom is -0.381 e. The van der Waals surface area contributed by atoms with Crippen LogP contribution in [0.3, 0.4) is 0 Å². The summed E-state index contributed by atoms with van der Waals surface area (Å²) in [6, 6.07) is 8.71. The number of rotatable bonds is 1. The normalized spacial score (nSPS) is 22.4. The summed E-state index contributed by atoms with van der Waals surface area (Å²) in [5.74, 6) is -0.106. The third-order valence-corrected chi connectivity index (χ3v) is 3.90. The van der Waals surface area contributed by atoms with Crippen molar-refractivity contribution in [2.45, 2.75) is 12.8 Å². The average Bonchev–Trinajstić information content (AvgIpc) is 2.46. The van der Waals surface area contributed by atoms with Gasteiger partial charge in [-0.3, -0.25) is 4.79 Å². The van der Waals surface area contributed by atoms with Crippen molar-refractivity contribution >= 4 is 17.6 Å². The van der Waals surface area contributed by atoms with E-state index in [4.69, 9.17) is 4.74 Å². The number of urea groups is 1. The Bertz CT molecular complexity index is 495. The SMILES string of the molecule is O=C1NCC2(CCOCC2)C(=O)N1c1ccccc1. The molecule has 1 aromatic rings. The van der Waals surface area contributed by atoms with Crippen LogP contribution < -0.4 is 10.2 Å². The van der Waals surface area contributed by atoms with Crippen LogP contribution in [0.15, 0.2) is 30.3 Å². The molecule has 3 rings (SSSR count). The Hall–Kier alpha value is -1.88. The first-order valence-electron chi connectivity index (χ1n) is 6.48. The first kappa shape index (κ1) is 12.2. The van der Waals surface area contributed by atoms with Crippen LogP contribution in [0.25, 0.3) is 0 Å². The summed E-state index contributed by atoms with van der Waals surface area (Å²) in [7, 11) is 0. The molecule has 19 heavy (non-hydrogen) atoms. The molecule has 0 atom stereocenters. The molecule has 0 unspecified atom stereocenters. The Labute approximate surface area is 111 Å². The van der Waals surface area contributed by atoms with Gasteiger partial charge in [0.15, 0.2) is 0 Å². The summed E-state index contributed by atoms with van der Waals surface area (Å²) in [4.78, 5) is 26.0. The highest BCUT2D eigenvalue weighted by Crippen LogP contribution is 2.36. The molecular weight excluding hydrogens is 244 g/mol. The van der Waals surface area contributed by atoms with Gasteiger partial charge in [-0.25, -0.2) is 9.69 Å². The summed E-state index contributed by atoms with van der Waals surface area (Å²) in [6.45, 7) is 1.56. The van der Waals surface area contributed by atoms with E-state index in [2.05, 4.69) is 5.32 Å². The molecule has 1 aromatic carbocycles. The van der Waals surface area contributed by atoms with Gasteiger partial charge in [-0.15, -0.1) is 0 Å². The van der Waals surface area contributed by atoms with Crippen molar-refractivity contribution in [2.75, 3.05) is 24.7 Å². The standard InChI is InChI=1S/C14H16N2O3/c17-12-14(6-8-19-9-7-14)10-15-13(18)16(12)11-4-2-1-3-5-11/h1-5H,6-10H2,(H,15,18). The highest BCUT2D eigenvalue weighted by molar-refractivity contribution is 6.18. The predicted molar refractivity (Wildman–Crippen MR) is 69.8 cm³/mol. The lowest BCUT2D eigenvalue weighted by molar-refractivity contribution is -0.133. The van der Waals surface area contributed by atoms with E-state index in [9.17, 15) is 9.59 Å². The number of hydrogen-bond donors (Lipinski definition) is 1. The number of benzene rings is 1. The number of carbonyl (C=O) groups excluding carboxylic acids is 2. The molecule has 0 aliphatic carbocycles. The smallest absolute Gasteiger partial charge is 0.328 e. The second kappa shape index (κ2) is 4.66. The number of para-hydroxylation sites is 1. The summed E-state index contributed by atoms with van der Waals surface area (Å²) in [5.41, 5.74) is 0.123. The molecule has 2 aliphatic heterocycles. The van der Waals surface area contributed by atoms with Crippen molar-refractivity contribution < 1.29 is 14.3 Å². The molecular formula is C14H16N2O3. The first-order chi connectivity index (χ1) is 9.23. The number of ether oxygens (including phenoxy) is 1. The number of imide groups is 1. The van der Waals surface area contributed by atoms with Gasteiger partial charge in [0.25, 0.3) is 0 Å². The largest absolute Gasteiger partial charge is 0.381 e. The van der Waals surface area contributed by atoms with Crippen molar-refractivity contribution in [3.8, 4) is 0 Å². The molecule has 2 fully saturated rings. The van der Waals surface area contributed by atoms with Crippen LogP contribution in [0, 0.1) is 5.41 Å². The van der Waals surface area contributed by atoms with Gasteiger partial charge in [0, 0.05) is 19.8 Å². The summed E-state index contributed by atoms with van der Waals surface area (Å²) in [6.07, 6.45) is 1.32. The van der Waals surface area contributed by atoms with Crippen molar-refractivity contribution in [1.29, 1.82) is 0 Å². The maximum atomic E-state index is 12.7. The molecule has 0 radical (unpaired) electrons. The molecule has 0 aromatic heterocycles. The van der Waals surface area contributed by atoms with E-state index >= 15 is 0 Å². The first-order valence-corrected chi connectivity index (χ1v) is 6.48. The van der Waals surface area contributed by atoms with Gasteiger partial charge >= 0.3 is 6.03 Å². The van der Waals surface area contributed by atoms with Crippen LogP contribution >= 0.6 is 0 Å². The average molecular weight is 260 g/mol. The second-order valence-electron chi connectivity index (χ2n) is 5.03. The van der Waals surface area contributed by atoms with E-state index in [1.54, 1.807) is 12.1 Å². The molecule has 100 valence electrons. The number of nitrogens with zero attached hydrogens (tertiary/aromatic N) is 1. The molecule has 5 heteroatoms. The predicted octanol–water partition coefficient (Wildman–Crippen LogP) is 1.54. The Morgan fingerprint density at radius 2 is 1.79 bits per heavy atom. The monoisotopic (exact) mass is 260 g/mol. The highest BCUT2D eigenvalue weighted by atomic mass is 16.5. The third kappa shape index (κ3) is 2.00. The maximum Gasteiger partial charge on any atom is 0.328 e. The van der Waals surface area contributed by atoms with Crippen LogP contribution in [0.1, 0.15) is 12.8 Å². The minimum atomic E-state index is -0.498. The van der Waals surface area contributed by atoms with Gasteiger partial charge in [-0.1, -0.05) is 18.2 Å². The number of anilines is 1. The fourth-order valence-corrected chi connectivity index (χ4v) is 2.69. The van der Waals surface area contributed by atoms with Crippen LogP contribution in [0.5, 0.6) is 0 Å². The van der Waals surface area contributed by atoms with E-state index in [0.29, 0.717) is 38.3 Å². The summed E-state index contributed by atoms with van der Waals surface area (Å²) >= 11 is 0. The fraction of sp³-hybridized carbons (Fsp3) is 0.429. The highest BCUT2D eigenvalue weighted by Gasteiger charge is 2.48. The summed E-state index contributed by atoms with van der Waals surface area (Å²) < 4.78 is 5.33. The maximum absolute atomic E-state index is 12.7. The lowest BCUT2D eigenvalue weighted by atomic mass is 9.77. The van der Waals surface area contributed by atoms with Crippen LogP contribution in [-0.4, -0.2) is 31.7 Å². The van der Waals surface area contributed by atoms with Gasteiger partial charge in [-0.2, -0.15) is 0 Å². The lowest BCUT2D eigenvalue weighted by Crippen LogP contribution is -2.62. The number of carbonyl (C=O) groups is 2. The number of amides is 3. The van der Waals surface area contributed by atoms with Gasteiger partial charge < -0.3 is 10.1 Å². The molecule has 0 bridgehead atoms. The van der Waals surface area contributed by atoms with Crippen LogP contribution in [0.2, 0.25) is 0 Å². The summed E-state index contributed by atoms with van der Waals surface area (Å²) in [5, 5.41) is 2.83. The van der Waals surface area contributed by atoms with Crippen molar-refractivity contribution in [3.63, 3.8) is 0 Å². The Morgan fingerprint density at radius 1 is 1.11 bits per heavy atom. The zero-order valence-corrected chi connectivity index (χ0v) is 10.6. The van der Waals surface area contributed by atoms with E-state index in [-0.39, 0.29) is 11.9 Å². The Balaban J connectivity index is 1.94. The van der Waals surface area contributed by atoms with Gasteiger partial charge in [0.1, 0.15) is 0 Å². The minimum absolute atomic E-state index is 0.106. The lowest BCUT2D eigenvalue weighted by Gasteiger charge is -2.42. The Morgan fingerprint density at radius 3 is 2.47 bits per heavy atom. The van der Waals surface area contributed by atoms with Gasteiger partial charge in [0.2, 0.25) is 5.91 Å². The van der Waals surface area contributed by atoms with Gasteiger partial charge in [-0.05, 0) is 25.0 Å². The molecule has 2 aliphatic rings. The molecule has 2 saturated heterocycles. The molecule has 1 N–H and O–H groups in total. The topological polar surface area (TPSA) is 58.6 Å². The molecule has 3 amide bonds.